The average molecular weight is 208 g/mol. The van der Waals surface area contributed by atoms with Gasteiger partial charge in [-0.3, -0.25) is 4.79 Å². The molecule has 0 atom stereocenters. The monoisotopic (exact) mass is 207 g/mol. The second kappa shape index (κ2) is 3.64. The molecular weight excluding hydrogens is 202 g/mol. The van der Waals surface area contributed by atoms with Crippen LogP contribution >= 0.6 is 11.6 Å². The molecule has 0 unspecified atom stereocenters. The number of hydrogen-bond donors (Lipinski definition) is 0. The highest BCUT2D eigenvalue weighted by Gasteiger charge is 2.04. The molecule has 0 amide bonds. The molecule has 14 heavy (non-hydrogen) atoms. The fourth-order valence-electron chi connectivity index (χ4n) is 1.07. The summed E-state index contributed by atoms with van der Waals surface area (Å²) < 4.78 is 5.14. The van der Waals surface area contributed by atoms with Crippen LogP contribution in [0.25, 0.3) is 11.5 Å². The second-order valence-corrected chi connectivity index (χ2v) is 3.13. The van der Waals surface area contributed by atoms with Crippen LogP contribution in [0.2, 0.25) is 5.02 Å². The molecule has 0 radical (unpaired) electrons. The summed E-state index contributed by atoms with van der Waals surface area (Å²) in [5.74, 6) is 0.638. The van der Waals surface area contributed by atoms with E-state index in [0.717, 1.165) is 5.56 Å². The molecule has 0 bridgehead atoms. The largest absolute Gasteiger partial charge is 0.433 e. The van der Waals surface area contributed by atoms with Crippen LogP contribution in [0.3, 0.4) is 0 Å². The van der Waals surface area contributed by atoms with Gasteiger partial charge in [0.2, 0.25) is 5.89 Å². The van der Waals surface area contributed by atoms with Gasteiger partial charge in [-0.25, -0.2) is 4.98 Å². The first-order valence-electron chi connectivity index (χ1n) is 3.96. The number of carbonyl (C=O) groups excluding carboxylic acids is 1. The van der Waals surface area contributed by atoms with Crippen LogP contribution in [-0.4, -0.2) is 11.3 Å². The summed E-state index contributed by atoms with van der Waals surface area (Å²) in [5.41, 5.74) is 0.794. The normalized spacial score (nSPS) is 10.1. The average Bonchev–Trinajstić information content (AvgIpc) is 2.67. The summed E-state index contributed by atoms with van der Waals surface area (Å²) in [4.78, 5) is 14.3. The molecule has 0 fully saturated rings. The molecule has 1 aromatic carbocycles. The Morgan fingerprint density at radius 3 is 2.57 bits per heavy atom. The van der Waals surface area contributed by atoms with Crippen LogP contribution in [0.15, 0.2) is 34.9 Å². The lowest BCUT2D eigenvalue weighted by Crippen LogP contribution is -1.75. The number of hydrogen-bond acceptors (Lipinski definition) is 3. The lowest BCUT2D eigenvalue weighted by atomic mass is 10.2. The van der Waals surface area contributed by atoms with Gasteiger partial charge in [-0.05, 0) is 24.3 Å². The van der Waals surface area contributed by atoms with Crippen molar-refractivity contribution in [2.75, 3.05) is 0 Å². The molecule has 0 N–H and O–H groups in total. The summed E-state index contributed by atoms with van der Waals surface area (Å²) >= 11 is 5.72. The lowest BCUT2D eigenvalue weighted by molar-refractivity contribution is 0.110. The minimum atomic E-state index is 0.218. The van der Waals surface area contributed by atoms with Gasteiger partial charge in [0.15, 0.2) is 12.0 Å². The van der Waals surface area contributed by atoms with E-state index in [0.29, 0.717) is 17.2 Å². The van der Waals surface area contributed by atoms with Gasteiger partial charge in [-0.1, -0.05) is 11.6 Å². The molecule has 0 aliphatic heterocycles. The van der Waals surface area contributed by atoms with Crippen LogP contribution in [0, 0.1) is 0 Å². The number of oxazole rings is 1. The van der Waals surface area contributed by atoms with Crippen molar-refractivity contribution in [1.82, 2.24) is 4.98 Å². The first-order chi connectivity index (χ1) is 6.79. The Bertz CT molecular complexity index is 447. The number of rotatable bonds is 2. The van der Waals surface area contributed by atoms with Gasteiger partial charge in [-0.2, -0.15) is 0 Å². The summed E-state index contributed by atoms with van der Waals surface area (Å²) in [7, 11) is 0. The number of nitrogens with zero attached hydrogens (tertiary/aromatic N) is 1. The first-order valence-corrected chi connectivity index (χ1v) is 4.34. The van der Waals surface area contributed by atoms with E-state index in [1.54, 1.807) is 24.3 Å². The first kappa shape index (κ1) is 8.97. The number of aromatic nitrogens is 1. The van der Waals surface area contributed by atoms with E-state index >= 15 is 0 Å². The Labute approximate surface area is 85.3 Å². The molecule has 0 spiro atoms. The van der Waals surface area contributed by atoms with Crippen molar-refractivity contribution in [2.24, 2.45) is 0 Å². The third kappa shape index (κ3) is 1.67. The summed E-state index contributed by atoms with van der Waals surface area (Å²) in [5, 5.41) is 0.649. The maximum Gasteiger partial charge on any atom is 0.226 e. The third-order valence-corrected chi connectivity index (χ3v) is 1.98. The van der Waals surface area contributed by atoms with Crippen molar-refractivity contribution < 1.29 is 9.21 Å². The Kier molecular flexibility index (Phi) is 2.33. The Morgan fingerprint density at radius 2 is 2.00 bits per heavy atom. The van der Waals surface area contributed by atoms with Gasteiger partial charge in [0.1, 0.15) is 0 Å². The minimum absolute atomic E-state index is 0.218. The zero-order chi connectivity index (χ0) is 9.97. The maximum absolute atomic E-state index is 10.4. The lowest BCUT2D eigenvalue weighted by Gasteiger charge is -1.94. The van der Waals surface area contributed by atoms with E-state index in [4.69, 9.17) is 16.0 Å². The van der Waals surface area contributed by atoms with E-state index in [2.05, 4.69) is 4.98 Å². The van der Waals surface area contributed by atoms with Gasteiger partial charge in [0, 0.05) is 10.6 Å². The quantitative estimate of drug-likeness (QED) is 0.712. The van der Waals surface area contributed by atoms with E-state index in [9.17, 15) is 4.79 Å². The number of carbonyl (C=O) groups is 1. The molecule has 0 saturated carbocycles. The predicted octanol–water partition coefficient (Wildman–Crippen LogP) is 2.81. The fraction of sp³-hybridized carbons (Fsp3) is 0. The Morgan fingerprint density at radius 1 is 1.29 bits per heavy atom. The molecule has 2 aromatic rings. The van der Waals surface area contributed by atoms with E-state index in [-0.39, 0.29) is 5.76 Å². The zero-order valence-corrected chi connectivity index (χ0v) is 7.86. The van der Waals surface area contributed by atoms with Crippen molar-refractivity contribution in [3.63, 3.8) is 0 Å². The van der Waals surface area contributed by atoms with Crippen molar-refractivity contribution in [3.05, 3.63) is 41.2 Å². The standard InChI is InChI=1S/C10H6ClNO2/c11-8-3-1-7(2-4-8)10-12-5-9(6-13)14-10/h1-6H. The van der Waals surface area contributed by atoms with Crippen LogP contribution in [0.4, 0.5) is 0 Å². The predicted molar refractivity (Wildman–Crippen MR) is 52.3 cm³/mol. The van der Waals surface area contributed by atoms with Gasteiger partial charge in [0.25, 0.3) is 0 Å². The zero-order valence-electron chi connectivity index (χ0n) is 7.11. The van der Waals surface area contributed by atoms with Gasteiger partial charge in [-0.15, -0.1) is 0 Å². The smallest absolute Gasteiger partial charge is 0.226 e. The van der Waals surface area contributed by atoms with Crippen molar-refractivity contribution in [2.45, 2.75) is 0 Å². The number of benzene rings is 1. The number of aldehydes is 1. The molecular formula is C10H6ClNO2. The molecule has 0 aliphatic carbocycles. The summed E-state index contributed by atoms with van der Waals surface area (Å²) in [6.45, 7) is 0. The third-order valence-electron chi connectivity index (χ3n) is 1.73. The second-order valence-electron chi connectivity index (χ2n) is 2.69. The summed E-state index contributed by atoms with van der Waals surface area (Å²) in [6.07, 6.45) is 2.00. The molecule has 0 aliphatic rings. The highest BCUT2D eigenvalue weighted by atomic mass is 35.5. The highest BCUT2D eigenvalue weighted by molar-refractivity contribution is 6.30. The van der Waals surface area contributed by atoms with Crippen molar-refractivity contribution in [1.29, 1.82) is 0 Å². The Balaban J connectivity index is 2.39. The van der Waals surface area contributed by atoms with E-state index in [1.807, 2.05) is 0 Å². The van der Waals surface area contributed by atoms with Crippen LogP contribution in [0.1, 0.15) is 10.6 Å². The molecule has 3 nitrogen and oxygen atoms in total. The maximum atomic E-state index is 10.4. The van der Waals surface area contributed by atoms with E-state index < -0.39 is 0 Å². The topological polar surface area (TPSA) is 43.1 Å². The molecule has 2 rings (SSSR count). The minimum Gasteiger partial charge on any atom is -0.433 e. The van der Waals surface area contributed by atoms with Gasteiger partial charge in [0.05, 0.1) is 6.20 Å². The highest BCUT2D eigenvalue weighted by Crippen LogP contribution is 2.20. The fourth-order valence-corrected chi connectivity index (χ4v) is 1.19. The summed E-state index contributed by atoms with van der Waals surface area (Å²) in [6, 6.07) is 7.04. The van der Waals surface area contributed by atoms with Crippen molar-refractivity contribution in [3.8, 4) is 11.5 Å². The van der Waals surface area contributed by atoms with E-state index in [1.165, 1.54) is 6.20 Å². The van der Waals surface area contributed by atoms with Gasteiger partial charge < -0.3 is 4.42 Å². The SMILES string of the molecule is O=Cc1cnc(-c2ccc(Cl)cc2)o1. The van der Waals surface area contributed by atoms with Crippen LogP contribution < -0.4 is 0 Å². The van der Waals surface area contributed by atoms with Crippen molar-refractivity contribution >= 4 is 17.9 Å². The Hall–Kier alpha value is -1.61. The van der Waals surface area contributed by atoms with Gasteiger partial charge >= 0.3 is 0 Å². The van der Waals surface area contributed by atoms with Crippen LogP contribution in [-0.2, 0) is 0 Å². The molecule has 4 heteroatoms. The molecule has 0 saturated heterocycles. The number of halogens is 1. The molecule has 70 valence electrons. The van der Waals surface area contributed by atoms with Crippen LogP contribution in [0.5, 0.6) is 0 Å². The molecule has 1 aromatic heterocycles. The molecule has 1 heterocycles.